The molecular formula is C18H24N2. The summed E-state index contributed by atoms with van der Waals surface area (Å²) in [4.78, 5) is 2.23. The van der Waals surface area contributed by atoms with Gasteiger partial charge < -0.3 is 10.6 Å². The molecule has 2 aromatic rings. The van der Waals surface area contributed by atoms with Crippen LogP contribution < -0.4 is 10.6 Å². The monoisotopic (exact) mass is 268 g/mol. The van der Waals surface area contributed by atoms with Gasteiger partial charge >= 0.3 is 0 Å². The van der Waals surface area contributed by atoms with Gasteiger partial charge in [0.1, 0.15) is 0 Å². The Hall–Kier alpha value is -1.80. The molecule has 0 aromatic heterocycles. The highest BCUT2D eigenvalue weighted by molar-refractivity contribution is 5.66. The molecule has 0 fully saturated rings. The molecule has 0 saturated heterocycles. The molecule has 2 heteroatoms. The minimum Gasteiger partial charge on any atom is -0.344 e. The Labute approximate surface area is 122 Å². The van der Waals surface area contributed by atoms with Crippen LogP contribution in [0.25, 0.3) is 0 Å². The van der Waals surface area contributed by atoms with Gasteiger partial charge in [0.2, 0.25) is 0 Å². The van der Waals surface area contributed by atoms with Crippen LogP contribution in [0.2, 0.25) is 0 Å². The molecule has 2 N–H and O–H groups in total. The lowest BCUT2D eigenvalue weighted by Gasteiger charge is -2.24. The number of nitrogens with two attached hydrogens (primary N) is 1. The van der Waals surface area contributed by atoms with Gasteiger partial charge in [0.05, 0.1) is 0 Å². The van der Waals surface area contributed by atoms with Crippen LogP contribution in [-0.4, -0.2) is 13.1 Å². The molecule has 106 valence electrons. The molecule has 0 aliphatic carbocycles. The molecule has 0 saturated carbocycles. The summed E-state index contributed by atoms with van der Waals surface area (Å²) in [5, 5.41) is 0. The lowest BCUT2D eigenvalue weighted by atomic mass is 10.0. The third-order valence-corrected chi connectivity index (χ3v) is 3.78. The van der Waals surface area contributed by atoms with Crippen LogP contribution in [-0.2, 0) is 6.42 Å². The zero-order valence-corrected chi connectivity index (χ0v) is 12.6. The van der Waals surface area contributed by atoms with Crippen molar-refractivity contribution in [3.63, 3.8) is 0 Å². The highest BCUT2D eigenvalue weighted by Crippen LogP contribution is 2.28. The maximum absolute atomic E-state index is 6.11. The Balaban J connectivity index is 2.29. The summed E-state index contributed by atoms with van der Waals surface area (Å²) in [6.07, 6.45) is 1.92. The largest absolute Gasteiger partial charge is 0.344 e. The second-order valence-electron chi connectivity index (χ2n) is 5.40. The Morgan fingerprint density at radius 1 is 1.05 bits per heavy atom. The summed E-state index contributed by atoms with van der Waals surface area (Å²) < 4.78 is 0. The minimum absolute atomic E-state index is 0.225. The first kappa shape index (κ1) is 14.6. The average molecular weight is 268 g/mol. The molecule has 1 unspecified atom stereocenters. The van der Waals surface area contributed by atoms with Crippen LogP contribution in [0.5, 0.6) is 0 Å². The van der Waals surface area contributed by atoms with Crippen LogP contribution in [0.4, 0.5) is 11.4 Å². The number of para-hydroxylation sites is 1. The van der Waals surface area contributed by atoms with Crippen molar-refractivity contribution in [2.24, 2.45) is 5.73 Å². The standard InChI is InChI=1S/C18H24N2/c1-4-16(19)13-15-7-5-6-8-18(15)20(3)17-11-9-14(2)10-12-17/h5-12,16H,4,13,19H2,1-3H3. The molecule has 2 rings (SSSR count). The molecule has 0 aliphatic rings. The van der Waals surface area contributed by atoms with Crippen molar-refractivity contribution >= 4 is 11.4 Å². The van der Waals surface area contributed by atoms with E-state index in [-0.39, 0.29) is 6.04 Å². The summed E-state index contributed by atoms with van der Waals surface area (Å²) in [5.41, 5.74) is 11.1. The van der Waals surface area contributed by atoms with Gasteiger partial charge in [0, 0.05) is 24.5 Å². The molecule has 0 bridgehead atoms. The second kappa shape index (κ2) is 6.58. The Morgan fingerprint density at radius 3 is 2.35 bits per heavy atom. The quantitative estimate of drug-likeness (QED) is 0.886. The zero-order chi connectivity index (χ0) is 14.5. The molecule has 1 atom stereocenters. The fourth-order valence-electron chi connectivity index (χ4n) is 2.34. The summed E-state index contributed by atoms with van der Waals surface area (Å²) in [6, 6.07) is 17.3. The number of hydrogen-bond donors (Lipinski definition) is 1. The van der Waals surface area contributed by atoms with Crippen molar-refractivity contribution in [2.45, 2.75) is 32.7 Å². The normalized spacial score (nSPS) is 12.2. The third kappa shape index (κ3) is 3.40. The molecule has 20 heavy (non-hydrogen) atoms. The lowest BCUT2D eigenvalue weighted by Crippen LogP contribution is -2.23. The molecule has 0 amide bonds. The molecule has 0 aliphatic heterocycles. The maximum atomic E-state index is 6.11. The van der Waals surface area contributed by atoms with Gasteiger partial charge in [-0.2, -0.15) is 0 Å². The van der Waals surface area contributed by atoms with E-state index in [2.05, 4.69) is 74.3 Å². The summed E-state index contributed by atoms with van der Waals surface area (Å²) in [7, 11) is 2.11. The number of benzene rings is 2. The first-order chi connectivity index (χ1) is 9.61. The van der Waals surface area contributed by atoms with Crippen molar-refractivity contribution in [3.05, 3.63) is 59.7 Å². The van der Waals surface area contributed by atoms with Crippen LogP contribution in [0.15, 0.2) is 48.5 Å². The van der Waals surface area contributed by atoms with E-state index in [1.165, 1.54) is 22.5 Å². The van der Waals surface area contributed by atoms with Crippen LogP contribution in [0.3, 0.4) is 0 Å². The molecule has 0 radical (unpaired) electrons. The van der Waals surface area contributed by atoms with Crippen molar-refractivity contribution in [2.75, 3.05) is 11.9 Å². The fourth-order valence-corrected chi connectivity index (χ4v) is 2.34. The minimum atomic E-state index is 0.225. The summed E-state index contributed by atoms with van der Waals surface area (Å²) in [6.45, 7) is 4.25. The van der Waals surface area contributed by atoms with Gasteiger partial charge in [-0.1, -0.05) is 42.8 Å². The highest BCUT2D eigenvalue weighted by Gasteiger charge is 2.11. The third-order valence-electron chi connectivity index (χ3n) is 3.78. The van der Waals surface area contributed by atoms with E-state index in [1.54, 1.807) is 0 Å². The van der Waals surface area contributed by atoms with E-state index in [9.17, 15) is 0 Å². The van der Waals surface area contributed by atoms with E-state index in [0.29, 0.717) is 0 Å². The van der Waals surface area contributed by atoms with Crippen molar-refractivity contribution in [3.8, 4) is 0 Å². The van der Waals surface area contributed by atoms with E-state index in [0.717, 1.165) is 12.8 Å². The number of rotatable bonds is 5. The predicted molar refractivity (Wildman–Crippen MR) is 87.7 cm³/mol. The molecule has 0 spiro atoms. The number of anilines is 2. The first-order valence-electron chi connectivity index (χ1n) is 7.25. The van der Waals surface area contributed by atoms with E-state index in [4.69, 9.17) is 5.73 Å². The Bertz CT molecular complexity index is 546. The SMILES string of the molecule is CCC(N)Cc1ccccc1N(C)c1ccc(C)cc1. The Morgan fingerprint density at radius 2 is 1.70 bits per heavy atom. The van der Waals surface area contributed by atoms with E-state index >= 15 is 0 Å². The molecule has 2 aromatic carbocycles. The van der Waals surface area contributed by atoms with Gasteiger partial charge in [0.15, 0.2) is 0 Å². The van der Waals surface area contributed by atoms with Gasteiger partial charge in [0.25, 0.3) is 0 Å². The van der Waals surface area contributed by atoms with Gasteiger partial charge in [-0.05, 0) is 43.5 Å². The first-order valence-corrected chi connectivity index (χ1v) is 7.25. The maximum Gasteiger partial charge on any atom is 0.0441 e. The Kier molecular flexibility index (Phi) is 4.80. The summed E-state index contributed by atoms with van der Waals surface area (Å²) >= 11 is 0. The molecule has 0 heterocycles. The van der Waals surface area contributed by atoms with Crippen molar-refractivity contribution in [1.29, 1.82) is 0 Å². The number of nitrogens with zero attached hydrogens (tertiary/aromatic N) is 1. The fraction of sp³-hybridized carbons (Fsp3) is 0.333. The van der Waals surface area contributed by atoms with Crippen molar-refractivity contribution in [1.82, 2.24) is 0 Å². The van der Waals surface area contributed by atoms with Crippen LogP contribution >= 0.6 is 0 Å². The van der Waals surface area contributed by atoms with E-state index < -0.39 is 0 Å². The topological polar surface area (TPSA) is 29.3 Å². The summed E-state index contributed by atoms with van der Waals surface area (Å²) in [5.74, 6) is 0. The van der Waals surface area contributed by atoms with Gasteiger partial charge in [-0.15, -0.1) is 0 Å². The lowest BCUT2D eigenvalue weighted by molar-refractivity contribution is 0.646. The zero-order valence-electron chi connectivity index (χ0n) is 12.6. The van der Waals surface area contributed by atoms with Gasteiger partial charge in [-0.3, -0.25) is 0 Å². The number of aryl methyl sites for hydroxylation is 1. The molecule has 2 nitrogen and oxygen atoms in total. The highest BCUT2D eigenvalue weighted by atomic mass is 15.1. The van der Waals surface area contributed by atoms with Gasteiger partial charge in [-0.25, -0.2) is 0 Å². The van der Waals surface area contributed by atoms with Crippen LogP contribution in [0, 0.1) is 6.92 Å². The molecular weight excluding hydrogens is 244 g/mol. The van der Waals surface area contributed by atoms with Crippen LogP contribution in [0.1, 0.15) is 24.5 Å². The second-order valence-corrected chi connectivity index (χ2v) is 5.40. The predicted octanol–water partition coefficient (Wildman–Crippen LogP) is 4.04. The van der Waals surface area contributed by atoms with Crippen molar-refractivity contribution < 1.29 is 0 Å². The van der Waals surface area contributed by atoms with E-state index in [1.807, 2.05) is 0 Å². The smallest absolute Gasteiger partial charge is 0.0441 e. The average Bonchev–Trinajstić information content (AvgIpc) is 2.48. The number of hydrogen-bond acceptors (Lipinski definition) is 2.